The van der Waals surface area contributed by atoms with E-state index in [0.29, 0.717) is 11.7 Å². The lowest BCUT2D eigenvalue weighted by Crippen LogP contribution is -2.27. The van der Waals surface area contributed by atoms with Crippen molar-refractivity contribution in [3.63, 3.8) is 0 Å². The van der Waals surface area contributed by atoms with Crippen LogP contribution in [0.15, 0.2) is 84.0 Å². The highest BCUT2D eigenvalue weighted by atomic mass is 32.2. The molecule has 5 heteroatoms. The lowest BCUT2D eigenvalue weighted by Gasteiger charge is -2.11. The van der Waals surface area contributed by atoms with E-state index in [0.717, 1.165) is 17.0 Å². The molecule has 0 unspecified atom stereocenters. The molecule has 0 saturated heterocycles. The van der Waals surface area contributed by atoms with E-state index >= 15 is 0 Å². The van der Waals surface area contributed by atoms with Gasteiger partial charge in [-0.2, -0.15) is 0 Å². The highest BCUT2D eigenvalue weighted by molar-refractivity contribution is 7.98. The maximum absolute atomic E-state index is 5.34. The molecule has 3 aromatic rings. The van der Waals surface area contributed by atoms with Gasteiger partial charge < -0.3 is 10.6 Å². The lowest BCUT2D eigenvalue weighted by atomic mass is 10.2. The van der Waals surface area contributed by atoms with Crippen LogP contribution in [0.2, 0.25) is 0 Å². The second kappa shape index (κ2) is 9.20. The van der Waals surface area contributed by atoms with Crippen LogP contribution in [0.3, 0.4) is 0 Å². The van der Waals surface area contributed by atoms with Gasteiger partial charge in [-0.3, -0.25) is 4.98 Å². The summed E-state index contributed by atoms with van der Waals surface area (Å²) in [5.74, 6) is 0.953. The number of aromatic nitrogens is 1. The van der Waals surface area contributed by atoms with E-state index in [1.54, 1.807) is 12.4 Å². The maximum Gasteiger partial charge on any atom is 0.171 e. The van der Waals surface area contributed by atoms with Gasteiger partial charge in [0.15, 0.2) is 5.11 Å². The Bertz CT molecular complexity index is 790. The number of thiocarbonyl (C=S) groups is 1. The first-order valence-electron chi connectivity index (χ1n) is 8.00. The molecule has 126 valence electrons. The van der Waals surface area contributed by atoms with Crippen molar-refractivity contribution in [2.75, 3.05) is 5.32 Å². The fourth-order valence-electron chi connectivity index (χ4n) is 2.23. The second-order valence-corrected chi connectivity index (χ2v) is 6.92. The van der Waals surface area contributed by atoms with Gasteiger partial charge in [0.1, 0.15) is 0 Å². The van der Waals surface area contributed by atoms with Gasteiger partial charge in [0, 0.05) is 35.3 Å². The quantitative estimate of drug-likeness (QED) is 0.482. The molecule has 0 spiro atoms. The molecule has 0 amide bonds. The summed E-state index contributed by atoms with van der Waals surface area (Å²) < 4.78 is 0. The highest BCUT2D eigenvalue weighted by Gasteiger charge is 2.00. The van der Waals surface area contributed by atoms with Gasteiger partial charge in [0.05, 0.1) is 0 Å². The van der Waals surface area contributed by atoms with Crippen molar-refractivity contribution in [3.8, 4) is 0 Å². The minimum Gasteiger partial charge on any atom is -0.358 e. The van der Waals surface area contributed by atoms with Crippen LogP contribution in [0.1, 0.15) is 11.1 Å². The third-order valence-electron chi connectivity index (χ3n) is 3.56. The van der Waals surface area contributed by atoms with E-state index in [4.69, 9.17) is 12.2 Å². The number of hydrogen-bond donors (Lipinski definition) is 2. The van der Waals surface area contributed by atoms with Gasteiger partial charge in [-0.1, -0.05) is 30.3 Å². The Morgan fingerprint density at radius 2 is 1.60 bits per heavy atom. The van der Waals surface area contributed by atoms with E-state index in [-0.39, 0.29) is 0 Å². The van der Waals surface area contributed by atoms with Gasteiger partial charge in [0.25, 0.3) is 0 Å². The van der Waals surface area contributed by atoms with Crippen LogP contribution >= 0.6 is 24.0 Å². The molecule has 1 heterocycles. The zero-order chi connectivity index (χ0) is 17.3. The molecular weight excluding hydrogens is 346 g/mol. The van der Waals surface area contributed by atoms with E-state index in [1.165, 1.54) is 10.5 Å². The van der Waals surface area contributed by atoms with Crippen LogP contribution in [0, 0.1) is 0 Å². The monoisotopic (exact) mass is 365 g/mol. The van der Waals surface area contributed by atoms with Crippen molar-refractivity contribution in [2.24, 2.45) is 0 Å². The summed E-state index contributed by atoms with van der Waals surface area (Å²) in [7, 11) is 0. The summed E-state index contributed by atoms with van der Waals surface area (Å²) in [6.07, 6.45) is 3.55. The Hall–Kier alpha value is -2.37. The molecular formula is C20H19N3S2. The van der Waals surface area contributed by atoms with E-state index in [9.17, 15) is 0 Å². The lowest BCUT2D eigenvalue weighted by molar-refractivity contribution is 0.921. The minimum atomic E-state index is 0.614. The van der Waals surface area contributed by atoms with Crippen LogP contribution in [0.4, 0.5) is 5.69 Å². The summed E-state index contributed by atoms with van der Waals surface area (Å²) in [6.45, 7) is 0.681. The Morgan fingerprint density at radius 3 is 2.32 bits per heavy atom. The third kappa shape index (κ3) is 5.89. The molecule has 3 nitrogen and oxygen atoms in total. The van der Waals surface area contributed by atoms with E-state index in [2.05, 4.69) is 64.1 Å². The summed E-state index contributed by atoms with van der Waals surface area (Å²) in [5.41, 5.74) is 3.42. The normalized spacial score (nSPS) is 10.2. The molecule has 0 bridgehead atoms. The fraction of sp³-hybridized carbons (Fsp3) is 0.100. The Kier molecular flexibility index (Phi) is 6.42. The third-order valence-corrected chi connectivity index (χ3v) is 4.89. The molecule has 3 rings (SSSR count). The molecule has 0 aliphatic heterocycles. The van der Waals surface area contributed by atoms with Crippen molar-refractivity contribution < 1.29 is 0 Å². The first-order chi connectivity index (χ1) is 12.3. The first-order valence-corrected chi connectivity index (χ1v) is 9.39. The topological polar surface area (TPSA) is 37.0 Å². The molecule has 0 atom stereocenters. The van der Waals surface area contributed by atoms with Gasteiger partial charge in [-0.25, -0.2) is 0 Å². The second-order valence-electron chi connectivity index (χ2n) is 5.46. The zero-order valence-electron chi connectivity index (χ0n) is 13.7. The van der Waals surface area contributed by atoms with Crippen molar-refractivity contribution in [3.05, 3.63) is 90.3 Å². The average Bonchev–Trinajstić information content (AvgIpc) is 2.67. The number of hydrogen-bond acceptors (Lipinski definition) is 3. The van der Waals surface area contributed by atoms with Crippen LogP contribution in [0.5, 0.6) is 0 Å². The Balaban J connectivity index is 1.46. The largest absolute Gasteiger partial charge is 0.358 e. The minimum absolute atomic E-state index is 0.614. The average molecular weight is 366 g/mol. The van der Waals surface area contributed by atoms with Gasteiger partial charge in [0.2, 0.25) is 0 Å². The summed E-state index contributed by atoms with van der Waals surface area (Å²) in [4.78, 5) is 5.29. The SMILES string of the molecule is S=C(NCc1ccncc1)Nc1ccc(CSc2ccccc2)cc1. The van der Waals surface area contributed by atoms with Crippen molar-refractivity contribution in [1.82, 2.24) is 10.3 Å². The summed E-state index contributed by atoms with van der Waals surface area (Å²) >= 11 is 7.18. The Labute approximate surface area is 157 Å². The molecule has 0 saturated carbocycles. The molecule has 2 aromatic carbocycles. The van der Waals surface area contributed by atoms with Crippen molar-refractivity contribution >= 4 is 34.8 Å². The smallest absolute Gasteiger partial charge is 0.171 e. The van der Waals surface area contributed by atoms with Gasteiger partial charge in [-0.15, -0.1) is 11.8 Å². The number of nitrogens with one attached hydrogen (secondary N) is 2. The van der Waals surface area contributed by atoms with Crippen LogP contribution < -0.4 is 10.6 Å². The Morgan fingerprint density at radius 1 is 0.880 bits per heavy atom. The van der Waals surface area contributed by atoms with Crippen molar-refractivity contribution in [2.45, 2.75) is 17.2 Å². The van der Waals surface area contributed by atoms with Gasteiger partial charge in [-0.05, 0) is 59.7 Å². The van der Waals surface area contributed by atoms with E-state index < -0.39 is 0 Å². The van der Waals surface area contributed by atoms with Gasteiger partial charge >= 0.3 is 0 Å². The van der Waals surface area contributed by atoms with Crippen LogP contribution in [-0.4, -0.2) is 10.1 Å². The van der Waals surface area contributed by atoms with Crippen LogP contribution in [-0.2, 0) is 12.3 Å². The van der Waals surface area contributed by atoms with Crippen molar-refractivity contribution in [1.29, 1.82) is 0 Å². The van der Waals surface area contributed by atoms with E-state index in [1.807, 2.05) is 30.0 Å². The predicted molar refractivity (Wildman–Crippen MR) is 110 cm³/mol. The summed E-state index contributed by atoms with van der Waals surface area (Å²) in [5, 5.41) is 7.02. The number of thioether (sulfide) groups is 1. The first kappa shape index (κ1) is 17.5. The number of benzene rings is 2. The summed E-state index contributed by atoms with van der Waals surface area (Å²) in [6, 6.07) is 22.7. The molecule has 0 aliphatic rings. The zero-order valence-corrected chi connectivity index (χ0v) is 15.3. The molecule has 1 aromatic heterocycles. The molecule has 0 aliphatic carbocycles. The highest BCUT2D eigenvalue weighted by Crippen LogP contribution is 2.23. The number of rotatable bonds is 6. The molecule has 2 N–H and O–H groups in total. The molecule has 25 heavy (non-hydrogen) atoms. The molecule has 0 radical (unpaired) electrons. The standard InChI is InChI=1S/C20H19N3S2/c24-20(22-14-16-10-12-21-13-11-16)23-18-8-6-17(7-9-18)15-25-19-4-2-1-3-5-19/h1-13H,14-15H2,(H2,22,23,24). The number of pyridine rings is 1. The maximum atomic E-state index is 5.34. The molecule has 0 fully saturated rings. The van der Waals surface area contributed by atoms with Crippen LogP contribution in [0.25, 0.3) is 0 Å². The predicted octanol–water partition coefficient (Wildman–Crippen LogP) is 4.86. The fourth-order valence-corrected chi connectivity index (χ4v) is 3.29. The number of anilines is 1. The number of nitrogens with zero attached hydrogens (tertiary/aromatic N) is 1.